The summed E-state index contributed by atoms with van der Waals surface area (Å²) < 4.78 is 0. The normalized spacial score (nSPS) is 34.3. The molecule has 2 aliphatic rings. The van der Waals surface area contributed by atoms with Gasteiger partial charge in [0.15, 0.2) is 0 Å². The summed E-state index contributed by atoms with van der Waals surface area (Å²) in [7, 11) is 0. The number of fused-ring (bicyclic) bond motifs is 1. The van der Waals surface area contributed by atoms with Gasteiger partial charge in [0.2, 0.25) is 0 Å². The van der Waals surface area contributed by atoms with Crippen LogP contribution in [0.5, 0.6) is 0 Å². The molecule has 0 nitrogen and oxygen atoms in total. The van der Waals surface area contributed by atoms with Gasteiger partial charge in [0.1, 0.15) is 0 Å². The van der Waals surface area contributed by atoms with Crippen molar-refractivity contribution in [1.29, 1.82) is 0 Å². The first-order valence-electron chi connectivity index (χ1n) is 9.78. The van der Waals surface area contributed by atoms with Gasteiger partial charge in [-0.3, -0.25) is 0 Å². The second-order valence-corrected chi connectivity index (χ2v) is 8.61. The molecular weight excluding hydrogens is 276 g/mol. The molecule has 23 heavy (non-hydrogen) atoms. The summed E-state index contributed by atoms with van der Waals surface area (Å²) >= 11 is 0. The van der Waals surface area contributed by atoms with Gasteiger partial charge in [-0.25, -0.2) is 0 Å². The van der Waals surface area contributed by atoms with Crippen molar-refractivity contribution in [3.63, 3.8) is 0 Å². The van der Waals surface area contributed by atoms with Crippen molar-refractivity contribution in [2.45, 2.75) is 66.2 Å². The quantitative estimate of drug-likeness (QED) is 0.595. The highest BCUT2D eigenvalue weighted by Gasteiger charge is 2.33. The summed E-state index contributed by atoms with van der Waals surface area (Å²) in [5.41, 5.74) is 6.05. The fraction of sp³-hybridized carbons (Fsp3) is 0.652. The smallest absolute Gasteiger partial charge is 0.0166 e. The molecule has 0 radical (unpaired) electrons. The Kier molecular flexibility index (Phi) is 4.99. The lowest BCUT2D eigenvalue weighted by molar-refractivity contribution is 0.126. The van der Waals surface area contributed by atoms with E-state index in [1.54, 1.807) is 11.1 Å². The highest BCUT2D eigenvalue weighted by Crippen LogP contribution is 2.43. The van der Waals surface area contributed by atoms with Gasteiger partial charge in [-0.1, -0.05) is 58.9 Å². The molecule has 1 aromatic carbocycles. The van der Waals surface area contributed by atoms with E-state index in [0.717, 1.165) is 29.6 Å². The highest BCUT2D eigenvalue weighted by molar-refractivity contribution is 5.71. The maximum absolute atomic E-state index is 4.42. The minimum absolute atomic E-state index is 0.753. The van der Waals surface area contributed by atoms with E-state index in [4.69, 9.17) is 0 Å². The van der Waals surface area contributed by atoms with Crippen LogP contribution in [0.2, 0.25) is 0 Å². The lowest BCUT2D eigenvalue weighted by atomic mass is 9.66. The fourth-order valence-electron chi connectivity index (χ4n) is 5.25. The first-order chi connectivity index (χ1) is 11.0. The van der Waals surface area contributed by atoms with Crippen molar-refractivity contribution < 1.29 is 0 Å². The predicted molar refractivity (Wildman–Crippen MR) is 101 cm³/mol. The van der Waals surface area contributed by atoms with Crippen LogP contribution >= 0.6 is 0 Å². The summed E-state index contributed by atoms with van der Waals surface area (Å²) in [5, 5.41) is 0. The molecule has 0 amide bonds. The van der Waals surface area contributed by atoms with Gasteiger partial charge in [0.05, 0.1) is 0 Å². The van der Waals surface area contributed by atoms with E-state index in [1.165, 1.54) is 49.7 Å². The average molecular weight is 311 g/mol. The summed E-state index contributed by atoms with van der Waals surface area (Å²) in [6.07, 6.45) is 7.89. The van der Waals surface area contributed by atoms with E-state index in [1.807, 2.05) is 0 Å². The van der Waals surface area contributed by atoms with Crippen molar-refractivity contribution >= 4 is 5.57 Å². The first kappa shape index (κ1) is 16.8. The van der Waals surface area contributed by atoms with Crippen LogP contribution in [-0.4, -0.2) is 0 Å². The molecule has 0 saturated heterocycles. The largest absolute Gasteiger partial charge is 0.0952 e. The van der Waals surface area contributed by atoms with Crippen LogP contribution in [0, 0.1) is 29.6 Å². The second-order valence-electron chi connectivity index (χ2n) is 8.61. The van der Waals surface area contributed by atoms with Gasteiger partial charge < -0.3 is 0 Å². The molecule has 0 heterocycles. The summed E-state index contributed by atoms with van der Waals surface area (Å²) in [6, 6.07) is 7.00. The first-order valence-corrected chi connectivity index (χ1v) is 9.78. The summed E-state index contributed by atoms with van der Waals surface area (Å²) in [4.78, 5) is 0. The molecule has 2 aliphatic carbocycles. The van der Waals surface area contributed by atoms with Crippen LogP contribution in [0.4, 0.5) is 0 Å². The van der Waals surface area contributed by atoms with Crippen LogP contribution in [0.25, 0.3) is 5.57 Å². The van der Waals surface area contributed by atoms with E-state index in [0.29, 0.717) is 0 Å². The molecule has 0 aliphatic heterocycles. The third-order valence-electron chi connectivity index (χ3n) is 6.80. The fourth-order valence-corrected chi connectivity index (χ4v) is 5.25. The number of rotatable bonds is 3. The van der Waals surface area contributed by atoms with Crippen LogP contribution in [-0.2, 0) is 12.8 Å². The number of hydrogen-bond donors (Lipinski definition) is 0. The van der Waals surface area contributed by atoms with Gasteiger partial charge in [-0.2, -0.15) is 0 Å². The van der Waals surface area contributed by atoms with Crippen molar-refractivity contribution in [1.82, 2.24) is 0 Å². The maximum Gasteiger partial charge on any atom is -0.0166 e. The molecule has 126 valence electrons. The average Bonchev–Trinajstić information content (AvgIpc) is 2.51. The molecule has 0 aromatic heterocycles. The predicted octanol–water partition coefficient (Wildman–Crippen LogP) is 6.53. The van der Waals surface area contributed by atoms with E-state index in [-0.39, 0.29) is 0 Å². The lowest BCUT2D eigenvalue weighted by Crippen LogP contribution is -2.31. The maximum atomic E-state index is 4.42. The monoisotopic (exact) mass is 310 g/mol. The third-order valence-corrected chi connectivity index (χ3v) is 6.80. The van der Waals surface area contributed by atoms with Gasteiger partial charge in [0.25, 0.3) is 0 Å². The van der Waals surface area contributed by atoms with E-state index in [2.05, 4.69) is 52.5 Å². The number of benzene rings is 1. The van der Waals surface area contributed by atoms with E-state index >= 15 is 0 Å². The second kappa shape index (κ2) is 6.83. The van der Waals surface area contributed by atoms with E-state index < -0.39 is 0 Å². The Bertz CT molecular complexity index is 567. The Morgan fingerprint density at radius 3 is 2.61 bits per heavy atom. The van der Waals surface area contributed by atoms with Crippen molar-refractivity contribution in [2.24, 2.45) is 29.6 Å². The third kappa shape index (κ3) is 3.42. The minimum atomic E-state index is 0.753. The van der Waals surface area contributed by atoms with Gasteiger partial charge in [0, 0.05) is 0 Å². The van der Waals surface area contributed by atoms with Gasteiger partial charge in [-0.05, 0) is 84.0 Å². The topological polar surface area (TPSA) is 0 Å². The molecule has 3 rings (SSSR count). The summed E-state index contributed by atoms with van der Waals surface area (Å²) in [5.74, 6) is 4.27. The molecule has 0 heteroatoms. The van der Waals surface area contributed by atoms with Gasteiger partial charge in [-0.15, -0.1) is 0 Å². The standard InChI is InChI=1S/C23H34/c1-6-19-12-16(3)18(5)22(13-19)14-21-9-7-8-20-11-15(2)10-17(4)23(20)21/h7-9,15-16,18-19,22H,4,6,10-14H2,1-3,5H3/t15?,16-,18+,19+,22-/m0/s1. The SMILES string of the molecule is C=C1CC(C)Cc2cccc(C[C@@H]3C[C@H](CC)C[C@H](C)[C@H]3C)c21. The van der Waals surface area contributed by atoms with Crippen LogP contribution < -0.4 is 0 Å². The molecule has 0 bridgehead atoms. The minimum Gasteiger partial charge on any atom is -0.0952 e. The zero-order valence-corrected chi connectivity index (χ0v) is 15.6. The van der Waals surface area contributed by atoms with Crippen LogP contribution in [0.3, 0.4) is 0 Å². The Balaban J connectivity index is 1.85. The van der Waals surface area contributed by atoms with Crippen molar-refractivity contribution in [3.8, 4) is 0 Å². The lowest BCUT2D eigenvalue weighted by Gasteiger charge is -2.39. The molecule has 0 spiro atoms. The van der Waals surface area contributed by atoms with Crippen molar-refractivity contribution in [2.75, 3.05) is 0 Å². The molecular formula is C23H34. The number of hydrogen-bond acceptors (Lipinski definition) is 0. The molecule has 0 N–H and O–H groups in total. The molecule has 1 fully saturated rings. The van der Waals surface area contributed by atoms with Crippen LogP contribution in [0.1, 0.15) is 70.1 Å². The van der Waals surface area contributed by atoms with Crippen LogP contribution in [0.15, 0.2) is 24.8 Å². The summed E-state index contributed by atoms with van der Waals surface area (Å²) in [6.45, 7) is 14.1. The Labute approximate surface area is 143 Å². The molecule has 1 saturated carbocycles. The zero-order valence-electron chi connectivity index (χ0n) is 15.6. The van der Waals surface area contributed by atoms with Gasteiger partial charge >= 0.3 is 0 Å². The molecule has 5 atom stereocenters. The highest BCUT2D eigenvalue weighted by atomic mass is 14.4. The van der Waals surface area contributed by atoms with E-state index in [9.17, 15) is 0 Å². The Morgan fingerprint density at radius 1 is 1.09 bits per heavy atom. The molecule has 1 aromatic rings. The Morgan fingerprint density at radius 2 is 1.87 bits per heavy atom. The molecule has 1 unspecified atom stereocenters. The zero-order chi connectivity index (χ0) is 16.6. The number of allylic oxidation sites excluding steroid dienone is 1. The Hall–Kier alpha value is -1.04. The van der Waals surface area contributed by atoms with Crippen molar-refractivity contribution in [3.05, 3.63) is 41.5 Å².